The molecule has 6 nitrogen and oxygen atoms in total. The first-order valence-corrected chi connectivity index (χ1v) is 7.01. The first-order valence-electron chi connectivity index (χ1n) is 6.63. The summed E-state index contributed by atoms with van der Waals surface area (Å²) < 4.78 is 16.0. The van der Waals surface area contributed by atoms with Crippen molar-refractivity contribution in [1.29, 1.82) is 0 Å². The molecule has 1 aromatic heterocycles. The SMILES string of the molecule is COc1cc(Cl)cc(CO)c1OCc1nc(C2CC2)no1. The Hall–Kier alpha value is -1.79. The molecule has 2 aromatic rings. The van der Waals surface area contributed by atoms with E-state index in [1.54, 1.807) is 12.1 Å². The molecular formula is C14H15ClN2O4. The van der Waals surface area contributed by atoms with E-state index in [-0.39, 0.29) is 13.2 Å². The van der Waals surface area contributed by atoms with Gasteiger partial charge in [0, 0.05) is 22.6 Å². The summed E-state index contributed by atoms with van der Waals surface area (Å²) in [5, 5.41) is 13.8. The van der Waals surface area contributed by atoms with Gasteiger partial charge in [-0.05, 0) is 18.9 Å². The monoisotopic (exact) mass is 310 g/mol. The van der Waals surface area contributed by atoms with Crippen LogP contribution in [0.4, 0.5) is 0 Å². The molecule has 1 aromatic carbocycles. The van der Waals surface area contributed by atoms with E-state index in [9.17, 15) is 5.11 Å². The van der Waals surface area contributed by atoms with Crippen LogP contribution in [-0.4, -0.2) is 22.4 Å². The van der Waals surface area contributed by atoms with Gasteiger partial charge in [-0.25, -0.2) is 0 Å². The van der Waals surface area contributed by atoms with Crippen LogP contribution in [0.15, 0.2) is 16.7 Å². The van der Waals surface area contributed by atoms with Crippen molar-refractivity contribution in [2.24, 2.45) is 0 Å². The van der Waals surface area contributed by atoms with E-state index in [0.29, 0.717) is 33.9 Å². The highest BCUT2D eigenvalue weighted by molar-refractivity contribution is 6.30. The molecule has 1 aliphatic carbocycles. The van der Waals surface area contributed by atoms with E-state index in [2.05, 4.69) is 10.1 Å². The number of halogens is 1. The maximum atomic E-state index is 9.40. The number of aliphatic hydroxyl groups excluding tert-OH is 1. The van der Waals surface area contributed by atoms with Crippen molar-refractivity contribution in [1.82, 2.24) is 10.1 Å². The number of nitrogens with zero attached hydrogens (tertiary/aromatic N) is 2. The Labute approximate surface area is 126 Å². The van der Waals surface area contributed by atoms with Gasteiger partial charge in [-0.2, -0.15) is 4.98 Å². The van der Waals surface area contributed by atoms with Crippen LogP contribution in [0.5, 0.6) is 11.5 Å². The smallest absolute Gasteiger partial charge is 0.264 e. The van der Waals surface area contributed by atoms with Crippen LogP contribution in [0.1, 0.15) is 36.0 Å². The average Bonchev–Trinajstić information content (AvgIpc) is 3.24. The van der Waals surface area contributed by atoms with Gasteiger partial charge in [0.1, 0.15) is 0 Å². The zero-order valence-corrected chi connectivity index (χ0v) is 12.3. The van der Waals surface area contributed by atoms with Crippen LogP contribution in [-0.2, 0) is 13.2 Å². The molecule has 7 heteroatoms. The van der Waals surface area contributed by atoms with Crippen molar-refractivity contribution in [2.45, 2.75) is 32.0 Å². The fourth-order valence-electron chi connectivity index (χ4n) is 2.02. The minimum absolute atomic E-state index is 0.116. The van der Waals surface area contributed by atoms with Crippen LogP contribution in [0.3, 0.4) is 0 Å². The summed E-state index contributed by atoms with van der Waals surface area (Å²) >= 11 is 5.95. The van der Waals surface area contributed by atoms with E-state index in [1.165, 1.54) is 7.11 Å². The van der Waals surface area contributed by atoms with Gasteiger partial charge in [-0.15, -0.1) is 0 Å². The fraction of sp³-hybridized carbons (Fsp3) is 0.429. The number of aromatic nitrogens is 2. The summed E-state index contributed by atoms with van der Waals surface area (Å²) in [7, 11) is 1.51. The second-order valence-corrected chi connectivity index (χ2v) is 5.30. The summed E-state index contributed by atoms with van der Waals surface area (Å²) in [4.78, 5) is 4.28. The zero-order chi connectivity index (χ0) is 14.8. The molecule has 21 heavy (non-hydrogen) atoms. The predicted octanol–water partition coefficient (Wildman–Crippen LogP) is 2.68. The van der Waals surface area contributed by atoms with Crippen molar-refractivity contribution in [3.8, 4) is 11.5 Å². The molecule has 1 N–H and O–H groups in total. The minimum atomic E-state index is -0.205. The van der Waals surface area contributed by atoms with E-state index in [4.69, 9.17) is 25.6 Å². The standard InChI is InChI=1S/C14H15ClN2O4/c1-19-11-5-10(15)4-9(6-18)13(11)20-7-12-16-14(17-21-12)8-2-3-8/h4-5,8,18H,2-3,6-7H2,1H3. The van der Waals surface area contributed by atoms with Gasteiger partial charge < -0.3 is 19.1 Å². The summed E-state index contributed by atoms with van der Waals surface area (Å²) in [5.74, 6) is 2.45. The Morgan fingerprint density at radius 1 is 1.43 bits per heavy atom. The van der Waals surface area contributed by atoms with Gasteiger partial charge in [0.25, 0.3) is 5.89 Å². The molecule has 0 bridgehead atoms. The summed E-state index contributed by atoms with van der Waals surface area (Å²) in [6, 6.07) is 3.25. The van der Waals surface area contributed by atoms with Gasteiger partial charge in [0.15, 0.2) is 23.9 Å². The van der Waals surface area contributed by atoms with Crippen LogP contribution in [0, 0.1) is 0 Å². The molecule has 0 unspecified atom stereocenters. The normalized spacial score (nSPS) is 14.2. The lowest BCUT2D eigenvalue weighted by Crippen LogP contribution is -2.02. The number of aliphatic hydroxyl groups is 1. The molecule has 3 rings (SSSR count). The predicted molar refractivity (Wildman–Crippen MR) is 74.5 cm³/mol. The van der Waals surface area contributed by atoms with Gasteiger partial charge in [-0.1, -0.05) is 16.8 Å². The molecule has 0 saturated heterocycles. The molecule has 0 radical (unpaired) electrons. The van der Waals surface area contributed by atoms with E-state index in [1.807, 2.05) is 0 Å². The summed E-state index contributed by atoms with van der Waals surface area (Å²) in [6.07, 6.45) is 2.22. The van der Waals surface area contributed by atoms with Crippen molar-refractivity contribution < 1.29 is 19.1 Å². The number of hydrogen-bond donors (Lipinski definition) is 1. The molecule has 112 valence electrons. The topological polar surface area (TPSA) is 77.6 Å². The Morgan fingerprint density at radius 2 is 2.24 bits per heavy atom. The molecule has 0 spiro atoms. The van der Waals surface area contributed by atoms with Gasteiger partial charge >= 0.3 is 0 Å². The molecular weight excluding hydrogens is 296 g/mol. The quantitative estimate of drug-likeness (QED) is 0.884. The second kappa shape index (κ2) is 5.91. The third kappa shape index (κ3) is 3.11. The van der Waals surface area contributed by atoms with Crippen molar-refractivity contribution >= 4 is 11.6 Å². The molecule has 1 saturated carbocycles. The molecule has 1 heterocycles. The Morgan fingerprint density at radius 3 is 2.90 bits per heavy atom. The number of ether oxygens (including phenoxy) is 2. The van der Waals surface area contributed by atoms with Crippen LogP contribution in [0.25, 0.3) is 0 Å². The lowest BCUT2D eigenvalue weighted by Gasteiger charge is -2.13. The fourth-order valence-corrected chi connectivity index (χ4v) is 2.25. The van der Waals surface area contributed by atoms with Crippen LogP contribution in [0.2, 0.25) is 5.02 Å². The molecule has 0 amide bonds. The minimum Gasteiger partial charge on any atom is -0.493 e. The first-order chi connectivity index (χ1) is 10.2. The highest BCUT2D eigenvalue weighted by Gasteiger charge is 2.28. The van der Waals surface area contributed by atoms with Crippen LogP contribution >= 0.6 is 11.6 Å². The largest absolute Gasteiger partial charge is 0.493 e. The maximum absolute atomic E-state index is 9.40. The summed E-state index contributed by atoms with van der Waals surface area (Å²) in [6.45, 7) is -0.0892. The Bertz CT molecular complexity index is 615. The number of benzene rings is 1. The third-order valence-corrected chi connectivity index (χ3v) is 3.47. The van der Waals surface area contributed by atoms with Crippen molar-refractivity contribution in [2.75, 3.05) is 7.11 Å². The molecule has 0 atom stereocenters. The maximum Gasteiger partial charge on any atom is 0.264 e. The second-order valence-electron chi connectivity index (χ2n) is 4.86. The van der Waals surface area contributed by atoms with E-state index in [0.717, 1.165) is 18.7 Å². The lowest BCUT2D eigenvalue weighted by atomic mass is 10.2. The highest BCUT2D eigenvalue weighted by Crippen LogP contribution is 2.38. The lowest BCUT2D eigenvalue weighted by molar-refractivity contribution is 0.220. The van der Waals surface area contributed by atoms with Crippen molar-refractivity contribution in [3.63, 3.8) is 0 Å². The van der Waals surface area contributed by atoms with E-state index < -0.39 is 0 Å². The average molecular weight is 311 g/mol. The first kappa shape index (κ1) is 14.2. The Balaban J connectivity index is 1.76. The highest BCUT2D eigenvalue weighted by atomic mass is 35.5. The third-order valence-electron chi connectivity index (χ3n) is 3.25. The number of methoxy groups -OCH3 is 1. The molecule has 1 aliphatic rings. The van der Waals surface area contributed by atoms with Gasteiger partial charge in [0.2, 0.25) is 0 Å². The number of rotatable bonds is 6. The van der Waals surface area contributed by atoms with Crippen LogP contribution < -0.4 is 9.47 Å². The molecule has 1 fully saturated rings. The van der Waals surface area contributed by atoms with E-state index >= 15 is 0 Å². The number of hydrogen-bond acceptors (Lipinski definition) is 6. The van der Waals surface area contributed by atoms with Gasteiger partial charge in [0.05, 0.1) is 13.7 Å². The molecule has 0 aliphatic heterocycles. The summed E-state index contributed by atoms with van der Waals surface area (Å²) in [5.41, 5.74) is 0.543. The van der Waals surface area contributed by atoms with Gasteiger partial charge in [-0.3, -0.25) is 0 Å². The van der Waals surface area contributed by atoms with Crippen molar-refractivity contribution in [3.05, 3.63) is 34.4 Å². The zero-order valence-electron chi connectivity index (χ0n) is 11.5. The Kier molecular flexibility index (Phi) is 3.98.